The lowest BCUT2D eigenvalue weighted by Crippen LogP contribution is -2.56. The van der Waals surface area contributed by atoms with E-state index in [9.17, 15) is 4.79 Å². The second kappa shape index (κ2) is 2.97. The van der Waals surface area contributed by atoms with Crippen LogP contribution in [0.3, 0.4) is 0 Å². The van der Waals surface area contributed by atoms with E-state index in [1.165, 1.54) is 0 Å². The molecule has 0 aromatic carbocycles. The van der Waals surface area contributed by atoms with Crippen molar-refractivity contribution in [3.63, 3.8) is 0 Å². The third-order valence-corrected chi connectivity index (χ3v) is 3.69. The molecule has 0 aromatic heterocycles. The van der Waals surface area contributed by atoms with Gasteiger partial charge in [-0.1, -0.05) is 6.92 Å². The predicted molar refractivity (Wildman–Crippen MR) is 58.5 cm³/mol. The Balaban J connectivity index is 2.00. The fourth-order valence-corrected chi connectivity index (χ4v) is 2.80. The van der Waals surface area contributed by atoms with Crippen molar-refractivity contribution in [3.05, 3.63) is 0 Å². The van der Waals surface area contributed by atoms with Gasteiger partial charge in [-0.05, 0) is 45.4 Å². The van der Waals surface area contributed by atoms with E-state index in [4.69, 9.17) is 4.74 Å². The molecule has 3 nitrogen and oxygen atoms in total. The van der Waals surface area contributed by atoms with Crippen molar-refractivity contribution in [2.75, 3.05) is 6.54 Å². The maximum absolute atomic E-state index is 12.0. The molecule has 2 bridgehead atoms. The highest BCUT2D eigenvalue weighted by Gasteiger charge is 2.64. The summed E-state index contributed by atoms with van der Waals surface area (Å²) < 4.78 is 5.45. The molecule has 2 heterocycles. The molecular weight excluding hydrogens is 190 g/mol. The van der Waals surface area contributed by atoms with E-state index in [0.29, 0.717) is 5.41 Å². The highest BCUT2D eigenvalue weighted by Crippen LogP contribution is 2.56. The summed E-state index contributed by atoms with van der Waals surface area (Å²) in [6.45, 7) is 8.93. The van der Waals surface area contributed by atoms with Crippen LogP contribution in [0.15, 0.2) is 0 Å². The Labute approximate surface area is 91.6 Å². The summed E-state index contributed by atoms with van der Waals surface area (Å²) in [4.78, 5) is 12.0. The standard InChI is InChI=1S/C12H21NO2/c1-5-11-6-12(7-11,13-8-11)9(14)15-10(2,3)4/h13H,5-8H2,1-4H3. The van der Waals surface area contributed by atoms with E-state index >= 15 is 0 Å². The molecule has 0 aromatic rings. The molecule has 3 aliphatic rings. The van der Waals surface area contributed by atoms with Gasteiger partial charge < -0.3 is 10.1 Å². The predicted octanol–water partition coefficient (Wildman–Crippen LogP) is 1.86. The maximum atomic E-state index is 12.0. The number of hydrogen-bond donors (Lipinski definition) is 1. The van der Waals surface area contributed by atoms with Crippen LogP contribution in [0, 0.1) is 5.41 Å². The summed E-state index contributed by atoms with van der Waals surface area (Å²) in [5.41, 5.74) is -0.333. The zero-order chi connectivity index (χ0) is 11.3. The van der Waals surface area contributed by atoms with Crippen molar-refractivity contribution >= 4 is 5.97 Å². The number of ether oxygens (including phenoxy) is 1. The molecule has 86 valence electrons. The third kappa shape index (κ3) is 1.67. The smallest absolute Gasteiger partial charge is 0.326 e. The van der Waals surface area contributed by atoms with Gasteiger partial charge >= 0.3 is 5.97 Å². The molecular formula is C12H21NO2. The SMILES string of the molecule is CCC12CNC(C(=O)OC(C)(C)C)(C1)C2. The Hall–Kier alpha value is -0.570. The maximum Gasteiger partial charge on any atom is 0.326 e. The topological polar surface area (TPSA) is 38.3 Å². The first kappa shape index (κ1) is 10.9. The number of rotatable bonds is 2. The van der Waals surface area contributed by atoms with E-state index in [2.05, 4.69) is 12.2 Å². The van der Waals surface area contributed by atoms with Gasteiger partial charge in [0.25, 0.3) is 0 Å². The van der Waals surface area contributed by atoms with Gasteiger partial charge in [0, 0.05) is 6.54 Å². The molecule has 2 saturated heterocycles. The number of carbonyl (C=O) groups excluding carboxylic acids is 1. The third-order valence-electron chi connectivity index (χ3n) is 3.69. The Morgan fingerprint density at radius 2 is 2.00 bits per heavy atom. The summed E-state index contributed by atoms with van der Waals surface area (Å²) >= 11 is 0. The van der Waals surface area contributed by atoms with Crippen molar-refractivity contribution in [3.8, 4) is 0 Å². The summed E-state index contributed by atoms with van der Waals surface area (Å²) in [6, 6.07) is 0. The van der Waals surface area contributed by atoms with Crippen molar-refractivity contribution in [1.29, 1.82) is 0 Å². The van der Waals surface area contributed by atoms with Crippen LogP contribution in [-0.4, -0.2) is 23.7 Å². The van der Waals surface area contributed by atoms with Gasteiger partial charge in [0.2, 0.25) is 0 Å². The van der Waals surface area contributed by atoms with Crippen molar-refractivity contribution in [2.24, 2.45) is 5.41 Å². The van der Waals surface area contributed by atoms with Gasteiger partial charge in [0.05, 0.1) is 0 Å². The Morgan fingerprint density at radius 1 is 1.40 bits per heavy atom. The van der Waals surface area contributed by atoms with Crippen LogP contribution in [0.2, 0.25) is 0 Å². The molecule has 2 aliphatic heterocycles. The number of esters is 1. The van der Waals surface area contributed by atoms with E-state index in [1.54, 1.807) is 0 Å². The number of fused-ring (bicyclic) bond motifs is 1. The molecule has 0 atom stereocenters. The zero-order valence-electron chi connectivity index (χ0n) is 10.1. The Bertz CT molecular complexity index is 284. The molecule has 0 spiro atoms. The normalized spacial score (nSPS) is 38.7. The van der Waals surface area contributed by atoms with Gasteiger partial charge in [-0.2, -0.15) is 0 Å². The lowest BCUT2D eigenvalue weighted by Gasteiger charge is -2.44. The minimum absolute atomic E-state index is 0.0587. The highest BCUT2D eigenvalue weighted by atomic mass is 16.6. The second-order valence-electron chi connectivity index (χ2n) is 6.14. The minimum atomic E-state index is -0.374. The quantitative estimate of drug-likeness (QED) is 0.708. The molecule has 1 saturated carbocycles. The van der Waals surface area contributed by atoms with Crippen LogP contribution in [0.1, 0.15) is 47.0 Å². The van der Waals surface area contributed by atoms with Crippen molar-refractivity contribution in [2.45, 2.75) is 58.1 Å². The largest absolute Gasteiger partial charge is 0.459 e. The van der Waals surface area contributed by atoms with Crippen LogP contribution in [-0.2, 0) is 9.53 Å². The van der Waals surface area contributed by atoms with Gasteiger partial charge in [-0.15, -0.1) is 0 Å². The average Bonchev–Trinajstić information content (AvgIpc) is 2.54. The molecule has 3 heteroatoms. The van der Waals surface area contributed by atoms with Crippen LogP contribution in [0.4, 0.5) is 0 Å². The monoisotopic (exact) mass is 211 g/mol. The van der Waals surface area contributed by atoms with E-state index in [1.807, 2.05) is 20.8 Å². The van der Waals surface area contributed by atoms with Crippen LogP contribution in [0.5, 0.6) is 0 Å². The highest BCUT2D eigenvalue weighted by molar-refractivity contribution is 5.84. The Morgan fingerprint density at radius 3 is 2.40 bits per heavy atom. The molecule has 1 aliphatic carbocycles. The lowest BCUT2D eigenvalue weighted by atomic mass is 9.61. The van der Waals surface area contributed by atoms with Crippen LogP contribution >= 0.6 is 0 Å². The molecule has 3 fully saturated rings. The summed E-state index contributed by atoms with van der Waals surface area (Å²) in [5.74, 6) is -0.0587. The lowest BCUT2D eigenvalue weighted by molar-refractivity contribution is -0.168. The first-order chi connectivity index (χ1) is 6.81. The van der Waals surface area contributed by atoms with Gasteiger partial charge in [-0.25, -0.2) is 0 Å². The van der Waals surface area contributed by atoms with Gasteiger partial charge in [0.15, 0.2) is 0 Å². The molecule has 15 heavy (non-hydrogen) atoms. The van der Waals surface area contributed by atoms with E-state index in [-0.39, 0.29) is 17.1 Å². The molecule has 0 radical (unpaired) electrons. The van der Waals surface area contributed by atoms with Crippen molar-refractivity contribution in [1.82, 2.24) is 5.32 Å². The fraction of sp³-hybridized carbons (Fsp3) is 0.917. The first-order valence-electron chi connectivity index (χ1n) is 5.79. The fourth-order valence-electron chi connectivity index (χ4n) is 2.80. The van der Waals surface area contributed by atoms with Gasteiger partial charge in [0.1, 0.15) is 11.1 Å². The molecule has 1 N–H and O–H groups in total. The zero-order valence-corrected chi connectivity index (χ0v) is 10.1. The summed E-state index contributed by atoms with van der Waals surface area (Å²) in [6.07, 6.45) is 3.08. The van der Waals surface area contributed by atoms with E-state index < -0.39 is 0 Å². The summed E-state index contributed by atoms with van der Waals surface area (Å²) in [5, 5.41) is 3.35. The Kier molecular flexibility index (Phi) is 2.16. The van der Waals surface area contributed by atoms with Crippen molar-refractivity contribution < 1.29 is 9.53 Å². The minimum Gasteiger partial charge on any atom is -0.459 e. The molecule has 0 unspecified atom stereocenters. The van der Waals surface area contributed by atoms with E-state index in [0.717, 1.165) is 25.8 Å². The number of nitrogens with one attached hydrogen (secondary N) is 1. The number of hydrogen-bond acceptors (Lipinski definition) is 3. The van der Waals surface area contributed by atoms with Crippen LogP contribution < -0.4 is 5.32 Å². The summed E-state index contributed by atoms with van der Waals surface area (Å²) in [7, 11) is 0. The van der Waals surface area contributed by atoms with Crippen LogP contribution in [0.25, 0.3) is 0 Å². The molecule has 0 amide bonds. The number of carbonyl (C=O) groups is 1. The average molecular weight is 211 g/mol. The molecule has 3 rings (SSSR count). The van der Waals surface area contributed by atoms with Gasteiger partial charge in [-0.3, -0.25) is 4.79 Å². The first-order valence-corrected chi connectivity index (χ1v) is 5.79. The second-order valence-corrected chi connectivity index (χ2v) is 6.14.